The van der Waals surface area contributed by atoms with Gasteiger partial charge in [-0.05, 0) is 25.3 Å². The molecule has 2 atom stereocenters. The second-order valence-electron chi connectivity index (χ2n) is 6.88. The van der Waals surface area contributed by atoms with E-state index in [4.69, 9.17) is 9.26 Å². The molecule has 4 heterocycles. The fourth-order valence-corrected chi connectivity index (χ4v) is 4.08. The highest BCUT2D eigenvalue weighted by Gasteiger charge is 2.35. The van der Waals surface area contributed by atoms with Crippen LogP contribution in [0.25, 0.3) is 10.7 Å². The Labute approximate surface area is 150 Å². The van der Waals surface area contributed by atoms with Crippen molar-refractivity contribution in [1.29, 1.82) is 0 Å². The summed E-state index contributed by atoms with van der Waals surface area (Å²) in [5.74, 6) is 1.71. The lowest BCUT2D eigenvalue weighted by Gasteiger charge is -2.40. The van der Waals surface area contributed by atoms with Crippen LogP contribution in [0.2, 0.25) is 0 Å². The average molecular weight is 362 g/mol. The molecule has 2 aromatic heterocycles. The molecule has 0 bridgehead atoms. The van der Waals surface area contributed by atoms with Gasteiger partial charge in [-0.15, -0.1) is 11.3 Å². The van der Waals surface area contributed by atoms with Gasteiger partial charge in [0, 0.05) is 26.2 Å². The first-order valence-electron chi connectivity index (χ1n) is 8.61. The Bertz CT molecular complexity index is 716. The van der Waals surface area contributed by atoms with Crippen LogP contribution in [0.5, 0.6) is 0 Å². The van der Waals surface area contributed by atoms with E-state index in [-0.39, 0.29) is 24.0 Å². The molecule has 2 saturated heterocycles. The maximum atomic E-state index is 12.5. The van der Waals surface area contributed by atoms with Crippen molar-refractivity contribution in [3.63, 3.8) is 0 Å². The van der Waals surface area contributed by atoms with Crippen molar-refractivity contribution in [2.24, 2.45) is 0 Å². The Balaban J connectivity index is 1.28. The molecule has 8 heteroatoms. The second-order valence-corrected chi connectivity index (χ2v) is 7.83. The first-order chi connectivity index (χ1) is 12.1. The summed E-state index contributed by atoms with van der Waals surface area (Å²) in [7, 11) is 0. The molecule has 0 aromatic carbocycles. The molecule has 134 valence electrons. The summed E-state index contributed by atoms with van der Waals surface area (Å²) in [6.45, 7) is 7.39. The van der Waals surface area contributed by atoms with Gasteiger partial charge < -0.3 is 14.2 Å². The zero-order valence-electron chi connectivity index (χ0n) is 14.4. The Kier molecular flexibility index (Phi) is 4.58. The van der Waals surface area contributed by atoms with Gasteiger partial charge in [0.1, 0.15) is 0 Å². The molecule has 2 fully saturated rings. The largest absolute Gasteiger partial charge is 0.372 e. The first kappa shape index (κ1) is 16.7. The molecule has 2 unspecified atom stereocenters. The van der Waals surface area contributed by atoms with Crippen LogP contribution in [0.1, 0.15) is 25.7 Å². The number of likely N-dealkylation sites (tertiary alicyclic amines) is 1. The first-order valence-corrected chi connectivity index (χ1v) is 9.49. The number of aromatic nitrogens is 2. The number of hydrogen-bond acceptors (Lipinski definition) is 7. The number of ether oxygens (including phenoxy) is 1. The van der Waals surface area contributed by atoms with E-state index in [2.05, 4.69) is 15.0 Å². The van der Waals surface area contributed by atoms with E-state index in [1.165, 1.54) is 0 Å². The molecule has 1 amide bonds. The van der Waals surface area contributed by atoms with Gasteiger partial charge in [-0.1, -0.05) is 11.2 Å². The van der Waals surface area contributed by atoms with Crippen molar-refractivity contribution in [2.45, 2.75) is 32.0 Å². The monoisotopic (exact) mass is 362 g/mol. The van der Waals surface area contributed by atoms with Crippen LogP contribution < -0.4 is 0 Å². The summed E-state index contributed by atoms with van der Waals surface area (Å²) in [6.07, 6.45) is 0.205. The zero-order chi connectivity index (χ0) is 17.4. The Morgan fingerprint density at radius 1 is 1.28 bits per heavy atom. The van der Waals surface area contributed by atoms with Crippen LogP contribution in [0.4, 0.5) is 0 Å². The number of amides is 1. The van der Waals surface area contributed by atoms with Crippen molar-refractivity contribution in [1.82, 2.24) is 19.9 Å². The molecular weight excluding hydrogens is 340 g/mol. The van der Waals surface area contributed by atoms with E-state index in [0.29, 0.717) is 31.3 Å². The van der Waals surface area contributed by atoms with Gasteiger partial charge in [0.15, 0.2) is 0 Å². The van der Waals surface area contributed by atoms with Gasteiger partial charge in [-0.25, -0.2) is 0 Å². The van der Waals surface area contributed by atoms with Gasteiger partial charge >= 0.3 is 0 Å². The minimum absolute atomic E-state index is 0.103. The molecule has 4 rings (SSSR count). The third-order valence-electron chi connectivity index (χ3n) is 4.62. The highest BCUT2D eigenvalue weighted by molar-refractivity contribution is 7.13. The molecular formula is C17H22N4O3S. The summed E-state index contributed by atoms with van der Waals surface area (Å²) < 4.78 is 11.1. The molecule has 7 nitrogen and oxygen atoms in total. The standard InChI is InChI=1S/C17H22N4O3S/c1-11-6-21(7-12(2)23-11)15(22)10-20-8-13(9-20)17-18-16(19-24-17)14-4-3-5-25-14/h3-5,11-13H,6-10H2,1-2H3. The van der Waals surface area contributed by atoms with E-state index in [1.54, 1.807) is 11.3 Å². The number of carbonyl (C=O) groups excluding carboxylic acids is 1. The smallest absolute Gasteiger partial charge is 0.236 e. The number of carbonyl (C=O) groups is 1. The fourth-order valence-electron chi connectivity index (χ4n) is 3.43. The molecule has 2 aliphatic heterocycles. The number of rotatable bonds is 4. The van der Waals surface area contributed by atoms with Crippen LogP contribution in [0, 0.1) is 0 Å². The number of nitrogens with zero attached hydrogens (tertiary/aromatic N) is 4. The van der Waals surface area contributed by atoms with Crippen LogP contribution in [-0.2, 0) is 9.53 Å². The summed E-state index contributed by atoms with van der Waals surface area (Å²) in [6, 6.07) is 3.95. The fraction of sp³-hybridized carbons (Fsp3) is 0.588. The van der Waals surface area contributed by atoms with Crippen molar-refractivity contribution < 1.29 is 14.1 Å². The molecule has 0 spiro atoms. The third kappa shape index (κ3) is 3.61. The van der Waals surface area contributed by atoms with Gasteiger partial charge in [-0.3, -0.25) is 9.69 Å². The summed E-state index contributed by atoms with van der Waals surface area (Å²) in [5.41, 5.74) is 0. The lowest BCUT2D eigenvalue weighted by Crippen LogP contribution is -2.54. The quantitative estimate of drug-likeness (QED) is 0.826. The summed E-state index contributed by atoms with van der Waals surface area (Å²) in [5, 5.41) is 6.05. The van der Waals surface area contributed by atoms with Crippen molar-refractivity contribution in [3.05, 3.63) is 23.4 Å². The van der Waals surface area contributed by atoms with E-state index in [9.17, 15) is 4.79 Å². The molecule has 2 aliphatic rings. The molecule has 0 saturated carbocycles. The van der Waals surface area contributed by atoms with Crippen LogP contribution in [-0.4, -0.2) is 70.8 Å². The Morgan fingerprint density at radius 2 is 2.04 bits per heavy atom. The van der Waals surface area contributed by atoms with Crippen molar-refractivity contribution in [3.8, 4) is 10.7 Å². The Morgan fingerprint density at radius 3 is 2.72 bits per heavy atom. The minimum Gasteiger partial charge on any atom is -0.372 e. The zero-order valence-corrected chi connectivity index (χ0v) is 15.2. The normalized spacial score (nSPS) is 25.1. The summed E-state index contributed by atoms with van der Waals surface area (Å²) >= 11 is 1.60. The summed E-state index contributed by atoms with van der Waals surface area (Å²) in [4.78, 5) is 22.0. The van der Waals surface area contributed by atoms with Gasteiger partial charge in [-0.2, -0.15) is 4.98 Å². The van der Waals surface area contributed by atoms with Crippen LogP contribution in [0.15, 0.2) is 22.0 Å². The topological polar surface area (TPSA) is 71.7 Å². The maximum absolute atomic E-state index is 12.5. The molecule has 25 heavy (non-hydrogen) atoms. The SMILES string of the molecule is CC1CN(C(=O)CN2CC(c3nc(-c4cccs4)no3)C2)CC(C)O1. The number of morpholine rings is 1. The highest BCUT2D eigenvalue weighted by atomic mass is 32.1. The maximum Gasteiger partial charge on any atom is 0.236 e. The molecule has 0 radical (unpaired) electrons. The van der Waals surface area contributed by atoms with Gasteiger partial charge in [0.2, 0.25) is 17.6 Å². The van der Waals surface area contributed by atoms with Gasteiger partial charge in [0.05, 0.1) is 29.5 Å². The van der Waals surface area contributed by atoms with E-state index < -0.39 is 0 Å². The van der Waals surface area contributed by atoms with E-state index in [0.717, 1.165) is 18.0 Å². The minimum atomic E-state index is 0.103. The second kappa shape index (κ2) is 6.86. The van der Waals surface area contributed by atoms with E-state index in [1.807, 2.05) is 36.3 Å². The third-order valence-corrected chi connectivity index (χ3v) is 5.49. The molecule has 0 aliphatic carbocycles. The van der Waals surface area contributed by atoms with Gasteiger partial charge in [0.25, 0.3) is 0 Å². The van der Waals surface area contributed by atoms with E-state index >= 15 is 0 Å². The Hall–Kier alpha value is -1.77. The highest BCUT2D eigenvalue weighted by Crippen LogP contribution is 2.29. The van der Waals surface area contributed by atoms with Crippen molar-refractivity contribution >= 4 is 17.2 Å². The molecule has 0 N–H and O–H groups in total. The van der Waals surface area contributed by atoms with Crippen LogP contribution in [0.3, 0.4) is 0 Å². The predicted molar refractivity (Wildman–Crippen MR) is 93.4 cm³/mol. The molecule has 2 aromatic rings. The van der Waals surface area contributed by atoms with Crippen molar-refractivity contribution in [2.75, 3.05) is 32.7 Å². The average Bonchev–Trinajstić information content (AvgIpc) is 3.20. The number of hydrogen-bond donors (Lipinski definition) is 0. The predicted octanol–water partition coefficient (Wildman–Crippen LogP) is 1.83. The lowest BCUT2D eigenvalue weighted by molar-refractivity contribution is -0.145. The van der Waals surface area contributed by atoms with Crippen LogP contribution >= 0.6 is 11.3 Å². The number of thiophene rings is 1. The lowest BCUT2D eigenvalue weighted by atomic mass is 10.00.